The third-order valence-corrected chi connectivity index (χ3v) is 4.90. The smallest absolute Gasteiger partial charge is 0.306 e. The summed E-state index contributed by atoms with van der Waals surface area (Å²) in [4.78, 5) is 35.9. The Bertz CT molecular complexity index is 1120. The molecule has 0 heterocycles. The van der Waals surface area contributed by atoms with Crippen LogP contribution in [0, 0.1) is 6.92 Å². The summed E-state index contributed by atoms with van der Waals surface area (Å²) in [6.45, 7) is 1.41. The van der Waals surface area contributed by atoms with Crippen LogP contribution in [0.15, 0.2) is 72.8 Å². The van der Waals surface area contributed by atoms with Crippen molar-refractivity contribution in [2.75, 3.05) is 17.2 Å². The summed E-state index contributed by atoms with van der Waals surface area (Å²) in [5, 5.41) is 5.83. The molecule has 2 amide bonds. The Morgan fingerprint density at radius 1 is 0.788 bits per heavy atom. The van der Waals surface area contributed by atoms with Crippen LogP contribution in [0.25, 0.3) is 0 Å². The van der Waals surface area contributed by atoms with Crippen molar-refractivity contribution in [2.45, 2.75) is 19.8 Å². The van der Waals surface area contributed by atoms with Crippen LogP contribution in [0.4, 0.5) is 11.4 Å². The molecule has 0 saturated carbocycles. The van der Waals surface area contributed by atoms with E-state index in [9.17, 15) is 14.4 Å². The van der Waals surface area contributed by atoms with E-state index in [0.717, 1.165) is 5.56 Å². The number of amides is 2. The van der Waals surface area contributed by atoms with E-state index in [2.05, 4.69) is 10.6 Å². The molecule has 0 fully saturated rings. The van der Waals surface area contributed by atoms with Gasteiger partial charge in [0.05, 0.1) is 6.42 Å². The van der Waals surface area contributed by atoms with Gasteiger partial charge in [-0.2, -0.15) is 0 Å². The molecule has 0 aliphatic heterocycles. The second-order valence-electron chi connectivity index (χ2n) is 7.16. The maximum Gasteiger partial charge on any atom is 0.306 e. The predicted molar refractivity (Wildman–Crippen MR) is 127 cm³/mol. The molecule has 3 aromatic rings. The zero-order valence-corrected chi connectivity index (χ0v) is 18.7. The van der Waals surface area contributed by atoms with Crippen LogP contribution in [0.1, 0.15) is 18.4 Å². The van der Waals surface area contributed by atoms with Gasteiger partial charge in [-0.1, -0.05) is 35.9 Å². The molecule has 8 heteroatoms. The lowest BCUT2D eigenvalue weighted by atomic mass is 10.2. The number of para-hydroxylation sites is 1. The Kier molecular flexibility index (Phi) is 8.43. The molecule has 0 spiro atoms. The van der Waals surface area contributed by atoms with Crippen molar-refractivity contribution in [3.63, 3.8) is 0 Å². The molecule has 33 heavy (non-hydrogen) atoms. The molecule has 0 aromatic heterocycles. The fourth-order valence-electron chi connectivity index (χ4n) is 2.76. The minimum atomic E-state index is -0.645. The zero-order valence-electron chi connectivity index (χ0n) is 18.0. The van der Waals surface area contributed by atoms with Crippen LogP contribution in [-0.2, 0) is 19.1 Å². The first kappa shape index (κ1) is 23.8. The van der Waals surface area contributed by atoms with Crippen LogP contribution >= 0.6 is 11.6 Å². The summed E-state index contributed by atoms with van der Waals surface area (Å²) in [7, 11) is 0. The van der Waals surface area contributed by atoms with Crippen LogP contribution in [0.3, 0.4) is 0 Å². The standard InChI is InChI=1S/C25H23ClN2O5/c1-17-7-8-19(15-22(17)26)28-23(29)13-14-25(31)32-16-24(30)27-18-9-11-21(12-10-18)33-20-5-3-2-4-6-20/h2-12,15H,13-14,16H2,1H3,(H,27,30)(H,28,29). The van der Waals surface area contributed by atoms with Crippen LogP contribution in [-0.4, -0.2) is 24.4 Å². The van der Waals surface area contributed by atoms with Crippen molar-refractivity contribution in [1.29, 1.82) is 0 Å². The Balaban J connectivity index is 1.36. The van der Waals surface area contributed by atoms with Gasteiger partial charge in [-0.05, 0) is 61.0 Å². The maximum absolute atomic E-state index is 12.0. The number of carbonyl (C=O) groups excluding carboxylic acids is 3. The second-order valence-corrected chi connectivity index (χ2v) is 7.57. The molecule has 2 N–H and O–H groups in total. The minimum absolute atomic E-state index is 0.0746. The van der Waals surface area contributed by atoms with Crippen LogP contribution in [0.2, 0.25) is 5.02 Å². The fourth-order valence-corrected chi connectivity index (χ4v) is 2.94. The number of benzene rings is 3. The first-order chi connectivity index (χ1) is 15.9. The molecule has 7 nitrogen and oxygen atoms in total. The van der Waals surface area contributed by atoms with E-state index >= 15 is 0 Å². The van der Waals surface area contributed by atoms with E-state index < -0.39 is 18.5 Å². The molecule has 0 aliphatic rings. The number of hydrogen-bond donors (Lipinski definition) is 2. The lowest BCUT2D eigenvalue weighted by Crippen LogP contribution is -2.21. The summed E-state index contributed by atoms with van der Waals surface area (Å²) in [5.41, 5.74) is 1.98. The third kappa shape index (κ3) is 7.97. The van der Waals surface area contributed by atoms with Gasteiger partial charge < -0.3 is 20.1 Å². The molecule has 0 aliphatic carbocycles. The first-order valence-electron chi connectivity index (χ1n) is 10.2. The Labute approximate surface area is 196 Å². The maximum atomic E-state index is 12.0. The Hall–Kier alpha value is -3.84. The van der Waals surface area contributed by atoms with Crippen LogP contribution < -0.4 is 15.4 Å². The van der Waals surface area contributed by atoms with Crippen molar-refractivity contribution < 1.29 is 23.9 Å². The molecule has 3 rings (SSSR count). The van der Waals surface area contributed by atoms with Gasteiger partial charge >= 0.3 is 5.97 Å². The number of hydrogen-bond acceptors (Lipinski definition) is 5. The first-order valence-corrected chi connectivity index (χ1v) is 10.6. The highest BCUT2D eigenvalue weighted by Gasteiger charge is 2.11. The highest BCUT2D eigenvalue weighted by molar-refractivity contribution is 6.31. The Morgan fingerprint density at radius 2 is 1.42 bits per heavy atom. The molecular weight excluding hydrogens is 444 g/mol. The van der Waals surface area contributed by atoms with E-state index in [0.29, 0.717) is 27.9 Å². The number of esters is 1. The van der Waals surface area contributed by atoms with E-state index in [4.69, 9.17) is 21.1 Å². The quantitative estimate of drug-likeness (QED) is 0.415. The zero-order chi connectivity index (χ0) is 23.6. The molecule has 0 radical (unpaired) electrons. The van der Waals surface area contributed by atoms with Crippen molar-refractivity contribution in [3.8, 4) is 11.5 Å². The van der Waals surface area contributed by atoms with Crippen molar-refractivity contribution in [1.82, 2.24) is 0 Å². The molecule has 0 atom stereocenters. The molecule has 3 aromatic carbocycles. The van der Waals surface area contributed by atoms with Gasteiger partial charge in [0.25, 0.3) is 5.91 Å². The van der Waals surface area contributed by atoms with Gasteiger partial charge in [-0.25, -0.2) is 0 Å². The van der Waals surface area contributed by atoms with E-state index in [1.165, 1.54) is 0 Å². The van der Waals surface area contributed by atoms with Gasteiger partial charge in [0.15, 0.2) is 6.61 Å². The summed E-state index contributed by atoms with van der Waals surface area (Å²) >= 11 is 6.02. The summed E-state index contributed by atoms with van der Waals surface area (Å²) in [5.74, 6) is -0.156. The number of halogens is 1. The number of rotatable bonds is 9. The van der Waals surface area contributed by atoms with E-state index in [-0.39, 0.29) is 18.7 Å². The topological polar surface area (TPSA) is 93.7 Å². The molecule has 0 saturated heterocycles. The normalized spacial score (nSPS) is 10.2. The van der Waals surface area contributed by atoms with Crippen LogP contribution in [0.5, 0.6) is 11.5 Å². The van der Waals surface area contributed by atoms with Crippen molar-refractivity contribution >= 4 is 40.8 Å². The lowest BCUT2D eigenvalue weighted by molar-refractivity contribution is -0.147. The number of aryl methyl sites for hydroxylation is 1. The number of anilines is 2. The number of carbonyl (C=O) groups is 3. The predicted octanol–water partition coefficient (Wildman–Crippen LogP) is 5.34. The number of ether oxygens (including phenoxy) is 2. The summed E-state index contributed by atoms with van der Waals surface area (Å²) in [6, 6.07) is 21.3. The van der Waals surface area contributed by atoms with E-state index in [1.807, 2.05) is 37.3 Å². The average Bonchev–Trinajstić information content (AvgIpc) is 2.81. The molecule has 0 unspecified atom stereocenters. The highest BCUT2D eigenvalue weighted by atomic mass is 35.5. The molecule has 170 valence electrons. The van der Waals surface area contributed by atoms with Gasteiger partial charge in [0.1, 0.15) is 11.5 Å². The molecule has 0 bridgehead atoms. The minimum Gasteiger partial charge on any atom is -0.457 e. The number of nitrogens with one attached hydrogen (secondary N) is 2. The summed E-state index contributed by atoms with van der Waals surface area (Å²) < 4.78 is 10.6. The molecular formula is C25H23ClN2O5. The van der Waals surface area contributed by atoms with Gasteiger partial charge in [-0.15, -0.1) is 0 Å². The van der Waals surface area contributed by atoms with Crippen molar-refractivity contribution in [3.05, 3.63) is 83.4 Å². The highest BCUT2D eigenvalue weighted by Crippen LogP contribution is 2.23. The fraction of sp³-hybridized carbons (Fsp3) is 0.160. The Morgan fingerprint density at radius 3 is 2.12 bits per heavy atom. The largest absolute Gasteiger partial charge is 0.457 e. The lowest BCUT2D eigenvalue weighted by Gasteiger charge is -2.09. The summed E-state index contributed by atoms with van der Waals surface area (Å²) in [6.07, 6.45) is -0.223. The third-order valence-electron chi connectivity index (χ3n) is 4.49. The van der Waals surface area contributed by atoms with Gasteiger partial charge in [0, 0.05) is 22.8 Å². The van der Waals surface area contributed by atoms with Crippen molar-refractivity contribution in [2.24, 2.45) is 0 Å². The average molecular weight is 467 g/mol. The van der Waals surface area contributed by atoms with Gasteiger partial charge in [0.2, 0.25) is 5.91 Å². The monoisotopic (exact) mass is 466 g/mol. The SMILES string of the molecule is Cc1ccc(NC(=O)CCC(=O)OCC(=O)Nc2ccc(Oc3ccccc3)cc2)cc1Cl. The van der Waals surface area contributed by atoms with Gasteiger partial charge in [-0.3, -0.25) is 14.4 Å². The second kappa shape index (κ2) is 11.7. The van der Waals surface area contributed by atoms with E-state index in [1.54, 1.807) is 42.5 Å².